The van der Waals surface area contributed by atoms with E-state index in [1.807, 2.05) is 0 Å². The number of aliphatic carboxylic acids is 1. The minimum absolute atomic E-state index is 0.0588. The van der Waals surface area contributed by atoms with E-state index in [0.29, 0.717) is 0 Å². The average molecular weight is 232 g/mol. The van der Waals surface area contributed by atoms with Gasteiger partial charge in [0, 0.05) is 6.42 Å². The highest BCUT2D eigenvalue weighted by Crippen LogP contribution is 2.19. The highest BCUT2D eigenvalue weighted by Gasteiger charge is 2.18. The molecule has 0 aliphatic heterocycles. The van der Waals surface area contributed by atoms with Crippen molar-refractivity contribution in [2.24, 2.45) is 0 Å². The number of hydrogen-bond acceptors (Lipinski definition) is 3. The number of nitrogens with zero attached hydrogens (tertiary/aromatic N) is 1. The van der Waals surface area contributed by atoms with E-state index in [9.17, 15) is 9.18 Å². The van der Waals surface area contributed by atoms with E-state index in [-0.39, 0.29) is 17.7 Å². The van der Waals surface area contributed by atoms with E-state index < -0.39 is 17.8 Å². The normalized spacial score (nSPS) is 11.0. The van der Waals surface area contributed by atoms with Crippen molar-refractivity contribution < 1.29 is 14.3 Å². The summed E-state index contributed by atoms with van der Waals surface area (Å²) >= 11 is 0. The minimum Gasteiger partial charge on any atom is -0.480 e. The number of halogens is 1. The van der Waals surface area contributed by atoms with Crippen molar-refractivity contribution in [3.05, 3.63) is 29.6 Å². The molecule has 1 unspecified atom stereocenters. The largest absolute Gasteiger partial charge is 0.480 e. The van der Waals surface area contributed by atoms with Crippen molar-refractivity contribution >= 4 is 11.7 Å². The Kier molecular flexibility index (Phi) is 4.08. The van der Waals surface area contributed by atoms with Gasteiger partial charge >= 0.3 is 5.97 Å². The maximum Gasteiger partial charge on any atom is 0.327 e. The molecule has 0 aromatic heterocycles. The molecule has 1 rings (SSSR count). The first-order valence-corrected chi connectivity index (χ1v) is 4.71. The SMILES string of the molecule is C#CCC(Nc1cccc(F)c1C#N)C(=O)O. The zero-order valence-electron chi connectivity index (χ0n) is 8.77. The molecule has 2 N–H and O–H groups in total. The van der Waals surface area contributed by atoms with Gasteiger partial charge in [-0.25, -0.2) is 9.18 Å². The lowest BCUT2D eigenvalue weighted by Crippen LogP contribution is -2.29. The maximum atomic E-state index is 13.2. The van der Waals surface area contributed by atoms with Gasteiger partial charge in [-0.1, -0.05) is 6.07 Å². The van der Waals surface area contributed by atoms with Crippen LogP contribution in [0.3, 0.4) is 0 Å². The molecule has 0 radical (unpaired) electrons. The second kappa shape index (κ2) is 5.53. The smallest absolute Gasteiger partial charge is 0.327 e. The Bertz CT molecular complexity index is 514. The van der Waals surface area contributed by atoms with Crippen molar-refractivity contribution in [3.8, 4) is 18.4 Å². The van der Waals surface area contributed by atoms with Gasteiger partial charge < -0.3 is 10.4 Å². The lowest BCUT2D eigenvalue weighted by atomic mass is 10.1. The summed E-state index contributed by atoms with van der Waals surface area (Å²) in [5, 5.41) is 20.2. The second-order valence-corrected chi connectivity index (χ2v) is 3.22. The minimum atomic E-state index is -1.16. The Hall–Kier alpha value is -2.53. The lowest BCUT2D eigenvalue weighted by molar-refractivity contribution is -0.137. The Morgan fingerprint density at radius 1 is 1.65 bits per heavy atom. The van der Waals surface area contributed by atoms with Crippen LogP contribution in [-0.4, -0.2) is 17.1 Å². The van der Waals surface area contributed by atoms with Gasteiger partial charge in [0.1, 0.15) is 23.5 Å². The third kappa shape index (κ3) is 2.96. The van der Waals surface area contributed by atoms with E-state index >= 15 is 0 Å². The standard InChI is InChI=1S/C12H9FN2O2/c1-2-4-11(12(16)17)15-10-6-3-5-9(13)8(10)7-14/h1,3,5-6,11,15H,4H2,(H,16,17). The Morgan fingerprint density at radius 2 is 2.35 bits per heavy atom. The number of rotatable bonds is 4. The van der Waals surface area contributed by atoms with Crippen LogP contribution in [0.15, 0.2) is 18.2 Å². The third-order valence-corrected chi connectivity index (χ3v) is 2.08. The van der Waals surface area contributed by atoms with Gasteiger partial charge in [0.25, 0.3) is 0 Å². The van der Waals surface area contributed by atoms with Crippen LogP contribution in [0.2, 0.25) is 0 Å². The van der Waals surface area contributed by atoms with Gasteiger partial charge in [0.2, 0.25) is 0 Å². The zero-order chi connectivity index (χ0) is 12.8. The summed E-state index contributed by atoms with van der Waals surface area (Å²) in [7, 11) is 0. The highest BCUT2D eigenvalue weighted by atomic mass is 19.1. The van der Waals surface area contributed by atoms with E-state index in [1.165, 1.54) is 12.1 Å². The van der Waals surface area contributed by atoms with Crippen molar-refractivity contribution in [3.63, 3.8) is 0 Å². The van der Waals surface area contributed by atoms with Crippen LogP contribution in [-0.2, 0) is 4.79 Å². The van der Waals surface area contributed by atoms with Gasteiger partial charge in [-0.15, -0.1) is 12.3 Å². The van der Waals surface area contributed by atoms with Gasteiger partial charge in [-0.3, -0.25) is 0 Å². The van der Waals surface area contributed by atoms with E-state index in [0.717, 1.165) is 6.07 Å². The molecule has 0 saturated carbocycles. The van der Waals surface area contributed by atoms with Crippen LogP contribution < -0.4 is 5.32 Å². The Labute approximate surface area is 97.7 Å². The second-order valence-electron chi connectivity index (χ2n) is 3.22. The molecule has 1 aromatic carbocycles. The number of hydrogen-bond donors (Lipinski definition) is 2. The third-order valence-electron chi connectivity index (χ3n) is 2.08. The summed E-state index contributed by atoms with van der Waals surface area (Å²) in [6, 6.07) is 4.55. The fourth-order valence-corrected chi connectivity index (χ4v) is 1.26. The van der Waals surface area contributed by atoms with Crippen LogP contribution in [0.1, 0.15) is 12.0 Å². The number of nitriles is 1. The predicted octanol–water partition coefficient (Wildman–Crippen LogP) is 1.59. The molecule has 0 amide bonds. The van der Waals surface area contributed by atoms with Crippen LogP contribution in [0.4, 0.5) is 10.1 Å². The van der Waals surface area contributed by atoms with Crippen LogP contribution >= 0.6 is 0 Å². The first-order valence-electron chi connectivity index (χ1n) is 4.71. The van der Waals surface area contributed by atoms with Gasteiger partial charge in [-0.2, -0.15) is 5.26 Å². The first-order chi connectivity index (χ1) is 8.10. The summed E-state index contributed by atoms with van der Waals surface area (Å²) < 4.78 is 13.2. The van der Waals surface area contributed by atoms with E-state index in [4.69, 9.17) is 16.8 Å². The van der Waals surface area contributed by atoms with Crippen LogP contribution in [0.5, 0.6) is 0 Å². The quantitative estimate of drug-likeness (QED) is 0.773. The summed E-state index contributed by atoms with van der Waals surface area (Å²) in [6.45, 7) is 0. The summed E-state index contributed by atoms with van der Waals surface area (Å²) in [5.41, 5.74) is -0.106. The molecule has 86 valence electrons. The van der Waals surface area contributed by atoms with E-state index in [2.05, 4.69) is 11.2 Å². The zero-order valence-corrected chi connectivity index (χ0v) is 8.77. The molecule has 1 atom stereocenters. The van der Waals surface area contributed by atoms with Crippen molar-refractivity contribution in [2.75, 3.05) is 5.32 Å². The van der Waals surface area contributed by atoms with Crippen molar-refractivity contribution in [2.45, 2.75) is 12.5 Å². The monoisotopic (exact) mass is 232 g/mol. The Balaban J connectivity index is 3.03. The van der Waals surface area contributed by atoms with Crippen molar-refractivity contribution in [1.29, 1.82) is 5.26 Å². The fourth-order valence-electron chi connectivity index (χ4n) is 1.26. The molecule has 1 aromatic rings. The predicted molar refractivity (Wildman–Crippen MR) is 59.6 cm³/mol. The van der Waals surface area contributed by atoms with Crippen molar-refractivity contribution in [1.82, 2.24) is 0 Å². The molecule has 4 nitrogen and oxygen atoms in total. The molecule has 0 spiro atoms. The molecule has 17 heavy (non-hydrogen) atoms. The number of anilines is 1. The molecule has 0 aliphatic rings. The Morgan fingerprint density at radius 3 is 2.88 bits per heavy atom. The molecule has 0 heterocycles. The number of carboxylic acids is 1. The molecule has 0 bridgehead atoms. The highest BCUT2D eigenvalue weighted by molar-refractivity contribution is 5.78. The molecular weight excluding hydrogens is 223 g/mol. The molecule has 5 heteroatoms. The van der Waals surface area contributed by atoms with E-state index in [1.54, 1.807) is 6.07 Å². The maximum absolute atomic E-state index is 13.2. The van der Waals surface area contributed by atoms with Crippen LogP contribution in [0, 0.1) is 29.5 Å². The summed E-state index contributed by atoms with van der Waals surface area (Å²) in [4.78, 5) is 10.8. The lowest BCUT2D eigenvalue weighted by Gasteiger charge is -2.14. The molecule has 0 saturated heterocycles. The average Bonchev–Trinajstić information content (AvgIpc) is 2.28. The number of terminal acetylenes is 1. The summed E-state index contributed by atoms with van der Waals surface area (Å²) in [5.74, 6) is 0.339. The van der Waals surface area contributed by atoms with Crippen LogP contribution in [0.25, 0.3) is 0 Å². The number of carboxylic acid groups (broad SMARTS) is 1. The topological polar surface area (TPSA) is 73.1 Å². The van der Waals surface area contributed by atoms with Gasteiger partial charge in [0.15, 0.2) is 0 Å². The molecule has 0 aliphatic carbocycles. The molecule has 0 fully saturated rings. The molecular formula is C12H9FN2O2. The first kappa shape index (κ1) is 12.5. The number of carbonyl (C=O) groups is 1. The summed E-state index contributed by atoms with van der Waals surface area (Å²) in [6.07, 6.45) is 4.97. The number of benzene rings is 1. The van der Waals surface area contributed by atoms with Gasteiger partial charge in [-0.05, 0) is 12.1 Å². The fraction of sp³-hybridized carbons (Fsp3) is 0.167. The number of nitrogens with one attached hydrogen (secondary N) is 1. The van der Waals surface area contributed by atoms with Gasteiger partial charge in [0.05, 0.1) is 5.69 Å².